The third-order valence-electron chi connectivity index (χ3n) is 4.47. The maximum Gasteiger partial charge on any atom is 0.283 e. The molecule has 6 nitrogen and oxygen atoms in total. The quantitative estimate of drug-likeness (QED) is 0.308. The van der Waals surface area contributed by atoms with Crippen molar-refractivity contribution in [1.82, 2.24) is 15.0 Å². The predicted octanol–water partition coefficient (Wildman–Crippen LogP) is 5.07. The highest BCUT2D eigenvalue weighted by molar-refractivity contribution is 9.10. The summed E-state index contributed by atoms with van der Waals surface area (Å²) in [5, 5.41) is 5.05. The summed E-state index contributed by atoms with van der Waals surface area (Å²) in [5.74, 6) is -0.281. The molecule has 3 heterocycles. The van der Waals surface area contributed by atoms with Gasteiger partial charge in [0.1, 0.15) is 9.71 Å². The number of carbonyl (C=O) groups excluding carboxylic acids is 1. The molecule has 0 aliphatic carbocycles. The van der Waals surface area contributed by atoms with Crippen molar-refractivity contribution in [3.05, 3.63) is 81.0 Å². The first kappa shape index (κ1) is 20.5. The van der Waals surface area contributed by atoms with Crippen LogP contribution in [0, 0.1) is 6.92 Å². The van der Waals surface area contributed by atoms with Gasteiger partial charge in [0.25, 0.3) is 5.91 Å². The molecule has 0 bridgehead atoms. The number of hydrazone groups is 1. The zero-order valence-corrected chi connectivity index (χ0v) is 18.8. The van der Waals surface area contributed by atoms with Gasteiger partial charge >= 0.3 is 0 Å². The van der Waals surface area contributed by atoms with Crippen molar-refractivity contribution in [2.45, 2.75) is 13.5 Å². The molecule has 0 aliphatic heterocycles. The summed E-state index contributed by atoms with van der Waals surface area (Å²) < 4.78 is 8.31. The van der Waals surface area contributed by atoms with Gasteiger partial charge in [-0.1, -0.05) is 28.1 Å². The molecular formula is C22H19BrN4O2S. The van der Waals surface area contributed by atoms with Crippen LogP contribution < -0.4 is 5.43 Å². The van der Waals surface area contributed by atoms with E-state index in [4.69, 9.17) is 4.74 Å². The number of methoxy groups -OCH3 is 1. The Kier molecular flexibility index (Phi) is 6.08. The number of benzene rings is 1. The highest BCUT2D eigenvalue weighted by Crippen LogP contribution is 2.36. The lowest BCUT2D eigenvalue weighted by Crippen LogP contribution is -2.18. The summed E-state index contributed by atoms with van der Waals surface area (Å²) in [6, 6.07) is 13.5. The first-order valence-corrected chi connectivity index (χ1v) is 10.8. The Labute approximate surface area is 186 Å². The van der Waals surface area contributed by atoms with Crippen LogP contribution in [0.5, 0.6) is 0 Å². The van der Waals surface area contributed by atoms with Gasteiger partial charge in [0.05, 0.1) is 18.5 Å². The first-order valence-electron chi connectivity index (χ1n) is 9.21. The molecule has 4 aromatic rings. The molecule has 0 unspecified atom stereocenters. The second-order valence-corrected chi connectivity index (χ2v) is 8.57. The molecule has 0 spiro atoms. The van der Waals surface area contributed by atoms with Crippen molar-refractivity contribution in [2.75, 3.05) is 7.11 Å². The fourth-order valence-electron chi connectivity index (χ4n) is 3.21. The number of nitrogens with one attached hydrogen (secondary N) is 1. The van der Waals surface area contributed by atoms with Gasteiger partial charge in [0, 0.05) is 35.1 Å². The van der Waals surface area contributed by atoms with Crippen LogP contribution in [0.1, 0.15) is 26.5 Å². The standard InChI is InChI=1S/C22H19BrN4O2S/c1-14-11-16(13-29-2)18-19(27-9-3-4-10-27)20(30-22(18)25-14)21(28)26-24-12-15-5-7-17(23)8-6-15/h3-12H,13H2,1-2H3,(H,26,28)/b24-12-. The number of hydrogen-bond donors (Lipinski definition) is 1. The number of ether oxygens (including phenoxy) is 1. The fourth-order valence-corrected chi connectivity index (χ4v) is 4.63. The number of amides is 1. The molecule has 30 heavy (non-hydrogen) atoms. The monoisotopic (exact) mass is 482 g/mol. The minimum Gasteiger partial charge on any atom is -0.380 e. The number of fused-ring (bicyclic) bond motifs is 1. The van der Waals surface area contributed by atoms with E-state index in [1.54, 1.807) is 13.3 Å². The lowest BCUT2D eigenvalue weighted by molar-refractivity contribution is 0.0959. The molecular weight excluding hydrogens is 464 g/mol. The number of nitrogens with zero attached hydrogens (tertiary/aromatic N) is 3. The normalized spacial score (nSPS) is 11.4. The molecule has 0 fully saturated rings. The minimum atomic E-state index is -0.281. The number of thiophene rings is 1. The van der Waals surface area contributed by atoms with Crippen molar-refractivity contribution in [3.8, 4) is 5.69 Å². The summed E-state index contributed by atoms with van der Waals surface area (Å²) in [5.41, 5.74) is 6.21. The Hall–Kier alpha value is -2.81. The van der Waals surface area contributed by atoms with Crippen LogP contribution in [0.15, 0.2) is 64.4 Å². The molecule has 4 rings (SSSR count). The Morgan fingerprint density at radius 1 is 1.30 bits per heavy atom. The van der Waals surface area contributed by atoms with E-state index in [2.05, 4.69) is 31.4 Å². The maximum atomic E-state index is 13.0. The van der Waals surface area contributed by atoms with Gasteiger partial charge in [-0.3, -0.25) is 4.79 Å². The summed E-state index contributed by atoms with van der Waals surface area (Å²) in [4.78, 5) is 19.0. The molecule has 0 atom stereocenters. The maximum absolute atomic E-state index is 13.0. The number of aryl methyl sites for hydroxylation is 1. The van der Waals surface area contributed by atoms with E-state index in [-0.39, 0.29) is 5.91 Å². The number of hydrogen-bond acceptors (Lipinski definition) is 5. The Morgan fingerprint density at radius 3 is 2.73 bits per heavy atom. The van der Waals surface area contributed by atoms with Crippen LogP contribution in [0.3, 0.4) is 0 Å². The predicted molar refractivity (Wildman–Crippen MR) is 124 cm³/mol. The van der Waals surface area contributed by atoms with E-state index in [0.29, 0.717) is 11.5 Å². The van der Waals surface area contributed by atoms with E-state index >= 15 is 0 Å². The minimum absolute atomic E-state index is 0.281. The van der Waals surface area contributed by atoms with Gasteiger partial charge in [-0.05, 0) is 48.4 Å². The average molecular weight is 483 g/mol. The molecule has 152 valence electrons. The van der Waals surface area contributed by atoms with E-state index in [9.17, 15) is 4.79 Å². The van der Waals surface area contributed by atoms with Gasteiger partial charge in [0.2, 0.25) is 0 Å². The molecule has 3 aromatic heterocycles. The van der Waals surface area contributed by atoms with Gasteiger partial charge in [-0.25, -0.2) is 10.4 Å². The summed E-state index contributed by atoms with van der Waals surface area (Å²) in [6.07, 6.45) is 5.45. The Balaban J connectivity index is 1.74. The van der Waals surface area contributed by atoms with Crippen molar-refractivity contribution >= 4 is 49.6 Å². The van der Waals surface area contributed by atoms with E-state index in [0.717, 1.165) is 37.2 Å². The van der Waals surface area contributed by atoms with Crippen molar-refractivity contribution in [1.29, 1.82) is 0 Å². The van der Waals surface area contributed by atoms with E-state index in [1.165, 1.54) is 11.3 Å². The van der Waals surface area contributed by atoms with Crippen LogP contribution in [0.4, 0.5) is 0 Å². The third-order valence-corrected chi connectivity index (χ3v) is 6.07. The Bertz CT molecular complexity index is 1210. The van der Waals surface area contributed by atoms with Gasteiger partial charge in [0.15, 0.2) is 0 Å². The number of halogens is 1. The van der Waals surface area contributed by atoms with Gasteiger partial charge in [-0.2, -0.15) is 5.10 Å². The smallest absolute Gasteiger partial charge is 0.283 e. The lowest BCUT2D eigenvalue weighted by Gasteiger charge is -2.09. The van der Waals surface area contributed by atoms with E-state index < -0.39 is 0 Å². The second-order valence-electron chi connectivity index (χ2n) is 6.66. The van der Waals surface area contributed by atoms with E-state index in [1.807, 2.05) is 66.3 Å². The topological polar surface area (TPSA) is 68.5 Å². The molecule has 1 aromatic carbocycles. The first-order chi connectivity index (χ1) is 14.6. The highest BCUT2D eigenvalue weighted by Gasteiger charge is 2.23. The molecule has 8 heteroatoms. The highest BCUT2D eigenvalue weighted by atomic mass is 79.9. The molecule has 0 saturated carbocycles. The largest absolute Gasteiger partial charge is 0.380 e. The second kappa shape index (κ2) is 8.91. The zero-order valence-electron chi connectivity index (χ0n) is 16.4. The van der Waals surface area contributed by atoms with Crippen LogP contribution >= 0.6 is 27.3 Å². The molecule has 1 N–H and O–H groups in total. The number of aromatic nitrogens is 2. The SMILES string of the molecule is COCc1cc(C)nc2sc(C(=O)N/N=C\c3ccc(Br)cc3)c(-n3cccc3)c12. The van der Waals surface area contributed by atoms with Crippen LogP contribution in [0.2, 0.25) is 0 Å². The number of carbonyl (C=O) groups is 1. The summed E-state index contributed by atoms with van der Waals surface area (Å²) in [7, 11) is 1.66. The zero-order chi connectivity index (χ0) is 21.1. The molecule has 0 aliphatic rings. The summed E-state index contributed by atoms with van der Waals surface area (Å²) in [6.45, 7) is 2.38. The van der Waals surface area contributed by atoms with Gasteiger partial charge in [-0.15, -0.1) is 11.3 Å². The molecule has 0 radical (unpaired) electrons. The van der Waals surface area contributed by atoms with Crippen molar-refractivity contribution in [3.63, 3.8) is 0 Å². The van der Waals surface area contributed by atoms with Crippen molar-refractivity contribution in [2.24, 2.45) is 5.10 Å². The molecule has 1 amide bonds. The third kappa shape index (κ3) is 4.21. The van der Waals surface area contributed by atoms with Crippen LogP contribution in [-0.2, 0) is 11.3 Å². The average Bonchev–Trinajstić information content (AvgIpc) is 3.37. The Morgan fingerprint density at radius 2 is 2.03 bits per heavy atom. The van der Waals surface area contributed by atoms with Crippen LogP contribution in [0.25, 0.3) is 15.9 Å². The summed E-state index contributed by atoms with van der Waals surface area (Å²) >= 11 is 4.76. The molecule has 0 saturated heterocycles. The van der Waals surface area contributed by atoms with Gasteiger partial charge < -0.3 is 9.30 Å². The van der Waals surface area contributed by atoms with Crippen molar-refractivity contribution < 1.29 is 9.53 Å². The number of rotatable bonds is 6. The lowest BCUT2D eigenvalue weighted by atomic mass is 10.1. The fraction of sp³-hybridized carbons (Fsp3) is 0.136. The van der Waals surface area contributed by atoms with Crippen LogP contribution in [-0.4, -0.2) is 28.8 Å². The number of pyridine rings is 1.